The molecule has 2 atom stereocenters. The van der Waals surface area contributed by atoms with Crippen molar-refractivity contribution >= 4 is 38.8 Å². The molecule has 0 amide bonds. The number of nitrogens with zero attached hydrogens (tertiary/aromatic N) is 1. The number of ether oxygens (including phenoxy) is 1. The normalized spacial score (nSPS) is 21.0. The molecule has 158 valence electrons. The van der Waals surface area contributed by atoms with E-state index in [1.54, 1.807) is 0 Å². The van der Waals surface area contributed by atoms with Crippen LogP contribution < -0.4 is 0 Å². The van der Waals surface area contributed by atoms with Crippen molar-refractivity contribution in [2.24, 2.45) is 5.92 Å². The molecular weight excluding hydrogens is 404 g/mol. The Labute approximate surface area is 191 Å². The van der Waals surface area contributed by atoms with E-state index in [2.05, 4.69) is 101 Å². The molecule has 0 spiro atoms. The molecule has 3 aliphatic rings. The Balaban J connectivity index is 1.45. The second-order valence-electron chi connectivity index (χ2n) is 9.25. The topological polar surface area (TPSA) is 29.9 Å². The monoisotopic (exact) mass is 426 g/mol. The smallest absolute Gasteiger partial charge is 0.137 e. The fraction of sp³-hybridized carbons (Fsp3) is 0.133. The van der Waals surface area contributed by atoms with Crippen LogP contribution in [0.3, 0.4) is 0 Å². The molecular formula is C30H22N2O. The van der Waals surface area contributed by atoms with Gasteiger partial charge >= 0.3 is 0 Å². The Morgan fingerprint density at radius 3 is 2.61 bits per heavy atom. The summed E-state index contributed by atoms with van der Waals surface area (Å²) < 4.78 is 8.93. The Kier molecular flexibility index (Phi) is 3.35. The van der Waals surface area contributed by atoms with Crippen molar-refractivity contribution in [3.8, 4) is 5.69 Å². The third kappa shape index (κ3) is 2.24. The number of fused-ring (bicyclic) bond motifs is 11. The minimum atomic E-state index is 0.0503. The maximum Gasteiger partial charge on any atom is 0.137 e. The largest absolute Gasteiger partial charge is 0.485 e. The van der Waals surface area contributed by atoms with E-state index < -0.39 is 0 Å². The number of hydrogen-bond donors (Lipinski definition) is 1. The van der Waals surface area contributed by atoms with Crippen LogP contribution >= 0.6 is 0 Å². The molecule has 33 heavy (non-hydrogen) atoms. The number of hydrogen-bond acceptors (Lipinski definition) is 1. The summed E-state index contributed by atoms with van der Waals surface area (Å²) in [7, 11) is 0. The van der Waals surface area contributed by atoms with Gasteiger partial charge in [0.2, 0.25) is 0 Å². The van der Waals surface area contributed by atoms with Crippen molar-refractivity contribution < 1.29 is 4.74 Å². The Morgan fingerprint density at radius 2 is 1.67 bits per heavy atom. The predicted molar refractivity (Wildman–Crippen MR) is 134 cm³/mol. The van der Waals surface area contributed by atoms with E-state index in [4.69, 9.17) is 4.74 Å². The van der Waals surface area contributed by atoms with Crippen molar-refractivity contribution in [1.29, 1.82) is 0 Å². The summed E-state index contributed by atoms with van der Waals surface area (Å²) in [5.41, 5.74) is 8.68. The highest BCUT2D eigenvalue weighted by molar-refractivity contribution is 6.21. The van der Waals surface area contributed by atoms with E-state index in [0.29, 0.717) is 5.92 Å². The summed E-state index contributed by atoms with van der Waals surface area (Å²) in [6.07, 6.45) is 11.5. The minimum Gasteiger partial charge on any atom is -0.485 e. The lowest BCUT2D eigenvalue weighted by Gasteiger charge is -2.20. The second-order valence-corrected chi connectivity index (χ2v) is 9.25. The number of allylic oxidation sites excluding steroid dienone is 3. The summed E-state index contributed by atoms with van der Waals surface area (Å²) in [6.45, 7) is 0. The van der Waals surface area contributed by atoms with Crippen LogP contribution in [0.5, 0.6) is 0 Å². The highest BCUT2D eigenvalue weighted by Crippen LogP contribution is 2.52. The van der Waals surface area contributed by atoms with Crippen molar-refractivity contribution in [2.45, 2.75) is 18.9 Å². The van der Waals surface area contributed by atoms with Gasteiger partial charge < -0.3 is 14.3 Å². The summed E-state index contributed by atoms with van der Waals surface area (Å²) >= 11 is 0. The van der Waals surface area contributed by atoms with E-state index in [1.807, 2.05) is 0 Å². The molecule has 3 aromatic carbocycles. The van der Waals surface area contributed by atoms with E-state index in [0.717, 1.165) is 18.6 Å². The zero-order valence-corrected chi connectivity index (χ0v) is 18.1. The molecule has 3 heteroatoms. The van der Waals surface area contributed by atoms with Gasteiger partial charge in [0.05, 0.1) is 16.6 Å². The number of aromatic amines is 1. The number of para-hydroxylation sites is 2. The number of nitrogens with one attached hydrogen (secondary N) is 1. The maximum atomic E-state index is 6.55. The van der Waals surface area contributed by atoms with Crippen molar-refractivity contribution in [3.05, 3.63) is 108 Å². The molecule has 0 saturated carbocycles. The summed E-state index contributed by atoms with van der Waals surface area (Å²) in [5, 5.41) is 3.82. The van der Waals surface area contributed by atoms with Crippen molar-refractivity contribution in [1.82, 2.24) is 9.55 Å². The van der Waals surface area contributed by atoms with Gasteiger partial charge in [-0.1, -0.05) is 54.6 Å². The summed E-state index contributed by atoms with van der Waals surface area (Å²) in [4.78, 5) is 3.79. The third-order valence-electron chi connectivity index (χ3n) is 7.53. The van der Waals surface area contributed by atoms with Gasteiger partial charge in [-0.2, -0.15) is 0 Å². The maximum absolute atomic E-state index is 6.55. The lowest BCUT2D eigenvalue weighted by molar-refractivity contribution is 0.144. The minimum absolute atomic E-state index is 0.0503. The molecule has 2 aliphatic carbocycles. The predicted octanol–water partition coefficient (Wildman–Crippen LogP) is 7.58. The zero-order valence-electron chi connectivity index (χ0n) is 18.1. The van der Waals surface area contributed by atoms with Gasteiger partial charge in [0.15, 0.2) is 0 Å². The third-order valence-corrected chi connectivity index (χ3v) is 7.53. The number of benzene rings is 3. The lowest BCUT2D eigenvalue weighted by Crippen LogP contribution is -2.10. The van der Waals surface area contributed by atoms with Crippen LogP contribution in [0.2, 0.25) is 0 Å². The fourth-order valence-corrected chi connectivity index (χ4v) is 6.16. The van der Waals surface area contributed by atoms with Crippen LogP contribution in [0.1, 0.15) is 30.2 Å². The van der Waals surface area contributed by atoms with Gasteiger partial charge in [-0.05, 0) is 49.3 Å². The highest BCUT2D eigenvalue weighted by atomic mass is 16.5. The number of rotatable bonds is 1. The first-order valence-corrected chi connectivity index (χ1v) is 11.8. The second kappa shape index (κ2) is 6.29. The van der Waals surface area contributed by atoms with Crippen LogP contribution in [-0.4, -0.2) is 9.55 Å². The van der Waals surface area contributed by atoms with Crippen LogP contribution in [0.4, 0.5) is 0 Å². The Morgan fingerprint density at radius 1 is 0.818 bits per heavy atom. The molecule has 1 fully saturated rings. The summed E-state index contributed by atoms with van der Waals surface area (Å²) in [5.74, 6) is 1.40. The van der Waals surface area contributed by atoms with E-state index in [1.165, 1.54) is 55.2 Å². The Bertz CT molecular complexity index is 1690. The van der Waals surface area contributed by atoms with Crippen LogP contribution in [0, 0.1) is 5.92 Å². The van der Waals surface area contributed by atoms with E-state index in [9.17, 15) is 0 Å². The first-order chi connectivity index (χ1) is 16.4. The molecule has 0 bridgehead atoms. The van der Waals surface area contributed by atoms with E-state index >= 15 is 0 Å². The lowest BCUT2D eigenvalue weighted by atomic mass is 9.84. The molecule has 1 N–H and O–H groups in total. The first kappa shape index (κ1) is 17.6. The van der Waals surface area contributed by atoms with Gasteiger partial charge in [-0.3, -0.25) is 0 Å². The fourth-order valence-electron chi connectivity index (χ4n) is 6.16. The highest BCUT2D eigenvalue weighted by Gasteiger charge is 2.41. The standard InChI is InChI=1S/C30H22N2O/c1-2-8-18(9-3-1)32-24-12-6-4-11-21(24)28-25(32)17-15-22-27-23(31-29(22)28)16-14-20-19-10-5-7-13-26(19)33-30(20)27/h1-4,6,8-17,20,30-31H,5,7H2. The van der Waals surface area contributed by atoms with E-state index in [-0.39, 0.29) is 6.10 Å². The number of aromatic nitrogens is 2. The van der Waals surface area contributed by atoms with Gasteiger partial charge in [-0.25, -0.2) is 0 Å². The molecule has 0 radical (unpaired) electrons. The molecule has 1 saturated heterocycles. The molecule has 5 aromatic rings. The van der Waals surface area contributed by atoms with Gasteiger partial charge in [-0.15, -0.1) is 0 Å². The van der Waals surface area contributed by atoms with Gasteiger partial charge in [0.25, 0.3) is 0 Å². The molecule has 8 rings (SSSR count). The van der Waals surface area contributed by atoms with Crippen molar-refractivity contribution in [2.75, 3.05) is 0 Å². The SMILES string of the molecule is C1=CC2C3=CCCC=C3OC2c2c1[nH]c1c2ccc2c1c1ccccc1n2-c1ccccc1. The quantitative estimate of drug-likeness (QED) is 0.294. The van der Waals surface area contributed by atoms with Crippen LogP contribution in [0.15, 0.2) is 96.3 Å². The molecule has 3 heterocycles. The summed E-state index contributed by atoms with van der Waals surface area (Å²) in [6, 6.07) is 23.9. The molecule has 2 aromatic heterocycles. The molecule has 3 nitrogen and oxygen atoms in total. The molecule has 1 aliphatic heterocycles. The average Bonchev–Trinajstić information content (AvgIpc) is 3.53. The van der Waals surface area contributed by atoms with Crippen molar-refractivity contribution in [3.63, 3.8) is 0 Å². The van der Waals surface area contributed by atoms with Crippen LogP contribution in [-0.2, 0) is 4.74 Å². The first-order valence-electron chi connectivity index (χ1n) is 11.8. The van der Waals surface area contributed by atoms with Crippen LogP contribution in [0.25, 0.3) is 44.5 Å². The molecule has 2 unspecified atom stereocenters. The van der Waals surface area contributed by atoms with Gasteiger partial charge in [0.1, 0.15) is 11.9 Å². The average molecular weight is 427 g/mol. The number of H-pyrrole nitrogens is 1. The zero-order chi connectivity index (χ0) is 21.5. The Hall–Kier alpha value is -3.98. The van der Waals surface area contributed by atoms with Gasteiger partial charge in [0, 0.05) is 44.6 Å².